The Hall–Kier alpha value is -3.34. The van der Waals surface area contributed by atoms with Gasteiger partial charge in [0.05, 0.1) is 12.8 Å². The number of aryl methyl sites for hydroxylation is 1. The number of ether oxygens (including phenoxy) is 2. The molecule has 0 atom stereocenters. The van der Waals surface area contributed by atoms with Crippen molar-refractivity contribution in [1.29, 1.82) is 0 Å². The zero-order valence-electron chi connectivity index (χ0n) is 15.4. The number of rotatable bonds is 7. The first-order valence-electron chi connectivity index (χ1n) is 8.83. The molecule has 0 unspecified atom stereocenters. The maximum atomic E-state index is 12.0. The minimum Gasteiger partial charge on any atom is -0.493 e. The van der Waals surface area contributed by atoms with Crippen molar-refractivity contribution in [2.45, 2.75) is 13.8 Å². The van der Waals surface area contributed by atoms with Crippen molar-refractivity contribution in [1.82, 2.24) is 5.43 Å². The normalized spacial score (nSPS) is 10.9. The summed E-state index contributed by atoms with van der Waals surface area (Å²) in [6, 6.07) is 19.4. The molecule has 0 saturated carbocycles. The molecule has 0 fully saturated rings. The number of hydrogen-bond acceptors (Lipinski definition) is 4. The number of hydrogen-bond donors (Lipinski definition) is 1. The first kappa shape index (κ1) is 18.5. The summed E-state index contributed by atoms with van der Waals surface area (Å²) in [6.07, 6.45) is 1.61. The van der Waals surface area contributed by atoms with E-state index in [1.54, 1.807) is 6.21 Å². The van der Waals surface area contributed by atoms with Gasteiger partial charge in [0, 0.05) is 5.56 Å². The fraction of sp³-hybridized carbons (Fsp3) is 0.182. The maximum absolute atomic E-state index is 12.0. The average molecular weight is 362 g/mol. The fourth-order valence-corrected chi connectivity index (χ4v) is 2.67. The van der Waals surface area contributed by atoms with Crippen LogP contribution in [0.2, 0.25) is 0 Å². The number of carbonyl (C=O) groups excluding carboxylic acids is 1. The quantitative estimate of drug-likeness (QED) is 0.509. The zero-order chi connectivity index (χ0) is 19.1. The van der Waals surface area contributed by atoms with E-state index in [2.05, 4.69) is 10.5 Å². The number of nitrogens with one attached hydrogen (secondary N) is 1. The molecule has 5 nitrogen and oxygen atoms in total. The highest BCUT2D eigenvalue weighted by molar-refractivity contribution is 6.02. The lowest BCUT2D eigenvalue weighted by atomic mass is 10.0. The third-order valence-corrected chi connectivity index (χ3v) is 4.00. The van der Waals surface area contributed by atoms with Gasteiger partial charge < -0.3 is 9.47 Å². The monoisotopic (exact) mass is 362 g/mol. The number of fused-ring (bicyclic) bond motifs is 1. The van der Waals surface area contributed by atoms with Gasteiger partial charge >= 0.3 is 0 Å². The molecule has 0 spiro atoms. The highest BCUT2D eigenvalue weighted by Gasteiger charge is 2.07. The topological polar surface area (TPSA) is 59.9 Å². The summed E-state index contributed by atoms with van der Waals surface area (Å²) in [5.41, 5.74) is 4.46. The van der Waals surface area contributed by atoms with Gasteiger partial charge in [0.15, 0.2) is 6.61 Å². The molecule has 1 amide bonds. The van der Waals surface area contributed by atoms with E-state index in [4.69, 9.17) is 9.47 Å². The Morgan fingerprint density at radius 3 is 2.59 bits per heavy atom. The van der Waals surface area contributed by atoms with Gasteiger partial charge in [-0.25, -0.2) is 5.43 Å². The van der Waals surface area contributed by atoms with Crippen LogP contribution in [0.25, 0.3) is 10.8 Å². The Morgan fingerprint density at radius 1 is 1.04 bits per heavy atom. The lowest BCUT2D eigenvalue weighted by Crippen LogP contribution is -2.24. The second kappa shape index (κ2) is 8.85. The molecule has 0 heterocycles. The van der Waals surface area contributed by atoms with Crippen molar-refractivity contribution in [3.05, 3.63) is 71.8 Å². The molecule has 1 N–H and O–H groups in total. The third kappa shape index (κ3) is 4.85. The Morgan fingerprint density at radius 2 is 1.81 bits per heavy atom. The number of amides is 1. The minimum atomic E-state index is -0.329. The van der Waals surface area contributed by atoms with Crippen LogP contribution in [0.15, 0.2) is 65.8 Å². The molecular weight excluding hydrogens is 340 g/mol. The first-order valence-corrected chi connectivity index (χ1v) is 8.83. The van der Waals surface area contributed by atoms with Gasteiger partial charge in [-0.3, -0.25) is 4.79 Å². The fourth-order valence-electron chi connectivity index (χ4n) is 2.67. The molecule has 0 aromatic heterocycles. The molecule has 0 aliphatic rings. The first-order chi connectivity index (χ1) is 13.2. The zero-order valence-corrected chi connectivity index (χ0v) is 15.4. The van der Waals surface area contributed by atoms with Crippen LogP contribution in [0.1, 0.15) is 18.1 Å². The van der Waals surface area contributed by atoms with E-state index in [1.807, 2.05) is 74.5 Å². The summed E-state index contributed by atoms with van der Waals surface area (Å²) in [5, 5.41) is 6.17. The summed E-state index contributed by atoms with van der Waals surface area (Å²) >= 11 is 0. The average Bonchev–Trinajstić information content (AvgIpc) is 2.69. The van der Waals surface area contributed by atoms with Gasteiger partial charge in [0.25, 0.3) is 5.91 Å². The third-order valence-electron chi connectivity index (χ3n) is 4.00. The highest BCUT2D eigenvalue weighted by Crippen LogP contribution is 2.26. The number of nitrogens with zero attached hydrogens (tertiary/aromatic N) is 1. The van der Waals surface area contributed by atoms with Crippen LogP contribution in [-0.2, 0) is 4.79 Å². The van der Waals surface area contributed by atoms with E-state index >= 15 is 0 Å². The van der Waals surface area contributed by atoms with Gasteiger partial charge in [0.1, 0.15) is 11.5 Å². The van der Waals surface area contributed by atoms with Crippen LogP contribution in [0.4, 0.5) is 0 Å². The van der Waals surface area contributed by atoms with E-state index in [1.165, 1.54) is 0 Å². The molecule has 0 aliphatic heterocycles. The predicted octanol–water partition coefficient (Wildman–Crippen LogP) is 4.08. The summed E-state index contributed by atoms with van der Waals surface area (Å²) in [7, 11) is 0. The lowest BCUT2D eigenvalue weighted by Gasteiger charge is -2.10. The van der Waals surface area contributed by atoms with Gasteiger partial charge in [-0.15, -0.1) is 0 Å². The van der Waals surface area contributed by atoms with Crippen LogP contribution in [0, 0.1) is 6.92 Å². The van der Waals surface area contributed by atoms with Gasteiger partial charge in [-0.2, -0.15) is 5.10 Å². The van der Waals surface area contributed by atoms with E-state index in [-0.39, 0.29) is 12.5 Å². The Labute approximate surface area is 158 Å². The minimum absolute atomic E-state index is 0.103. The molecule has 138 valence electrons. The maximum Gasteiger partial charge on any atom is 0.277 e. The van der Waals surface area contributed by atoms with E-state index < -0.39 is 0 Å². The molecular formula is C22H22N2O3. The van der Waals surface area contributed by atoms with Crippen molar-refractivity contribution in [2.24, 2.45) is 5.10 Å². The van der Waals surface area contributed by atoms with Crippen LogP contribution < -0.4 is 14.9 Å². The molecule has 27 heavy (non-hydrogen) atoms. The van der Waals surface area contributed by atoms with E-state index in [0.29, 0.717) is 12.4 Å². The Bertz CT molecular complexity index is 949. The van der Waals surface area contributed by atoms with E-state index in [9.17, 15) is 4.79 Å². The molecule has 3 aromatic carbocycles. The highest BCUT2D eigenvalue weighted by atomic mass is 16.5. The molecule has 0 saturated heterocycles. The smallest absolute Gasteiger partial charge is 0.277 e. The van der Waals surface area contributed by atoms with E-state index in [0.717, 1.165) is 27.6 Å². The Kier molecular flexibility index (Phi) is 6.05. The van der Waals surface area contributed by atoms with Crippen LogP contribution in [0.3, 0.4) is 0 Å². The molecule has 5 heteroatoms. The largest absolute Gasteiger partial charge is 0.493 e. The van der Waals surface area contributed by atoms with Gasteiger partial charge in [0.2, 0.25) is 0 Å². The van der Waals surface area contributed by atoms with Crippen molar-refractivity contribution in [3.63, 3.8) is 0 Å². The second-order valence-corrected chi connectivity index (χ2v) is 6.03. The van der Waals surface area contributed by atoms with Crippen LogP contribution in [-0.4, -0.2) is 25.3 Å². The molecule has 0 radical (unpaired) electrons. The molecule has 3 rings (SSSR count). The van der Waals surface area contributed by atoms with Crippen molar-refractivity contribution >= 4 is 22.9 Å². The summed E-state index contributed by atoms with van der Waals surface area (Å²) < 4.78 is 11.1. The lowest BCUT2D eigenvalue weighted by molar-refractivity contribution is -0.123. The second-order valence-electron chi connectivity index (χ2n) is 6.03. The SMILES string of the molecule is CCOc1ccc2ccccc2c1C=NNC(=O)COc1ccc(C)cc1. The summed E-state index contributed by atoms with van der Waals surface area (Å²) in [4.78, 5) is 12.0. The van der Waals surface area contributed by atoms with Gasteiger partial charge in [-0.1, -0.05) is 48.0 Å². The van der Waals surface area contributed by atoms with Crippen LogP contribution in [0.5, 0.6) is 11.5 Å². The standard InChI is InChI=1S/C22H22N2O3/c1-3-26-21-13-10-17-6-4-5-7-19(17)20(21)14-23-24-22(25)15-27-18-11-8-16(2)9-12-18/h4-14H,3,15H2,1-2H3,(H,24,25). The van der Waals surface area contributed by atoms with Gasteiger partial charge in [-0.05, 0) is 42.8 Å². The van der Waals surface area contributed by atoms with Crippen molar-refractivity contribution in [2.75, 3.05) is 13.2 Å². The Balaban J connectivity index is 1.67. The molecule has 0 bridgehead atoms. The molecule has 3 aromatic rings. The summed E-state index contributed by atoms with van der Waals surface area (Å²) in [5.74, 6) is 1.04. The summed E-state index contributed by atoms with van der Waals surface area (Å²) in [6.45, 7) is 4.37. The molecule has 0 aliphatic carbocycles. The van der Waals surface area contributed by atoms with Crippen molar-refractivity contribution in [3.8, 4) is 11.5 Å². The number of hydrazone groups is 1. The number of benzene rings is 3. The number of carbonyl (C=O) groups is 1. The van der Waals surface area contributed by atoms with Crippen LogP contribution >= 0.6 is 0 Å². The predicted molar refractivity (Wildman–Crippen MR) is 108 cm³/mol. The van der Waals surface area contributed by atoms with Crippen molar-refractivity contribution < 1.29 is 14.3 Å².